The van der Waals surface area contributed by atoms with E-state index >= 15 is 0 Å². The molecular weight excluding hydrogens is 424 g/mol. The summed E-state index contributed by atoms with van der Waals surface area (Å²) in [5.41, 5.74) is 7.71. The topological polar surface area (TPSA) is 109 Å². The Bertz CT molecular complexity index is 1220. The van der Waals surface area contributed by atoms with Crippen molar-refractivity contribution >= 4 is 32.3 Å². The fraction of sp³-hybridized carbons (Fsp3) is 0.292. The van der Waals surface area contributed by atoms with Gasteiger partial charge in [-0.05, 0) is 72.6 Å². The standard InChI is InChI=1S/C24H28N4O3S/c1-2-32(29,30)28(21-7-9-22(10-8-21)31-23-11-12-27-15-23)16-17-3-4-18-5-6-19(24(25)26)14-20(18)13-17/h3-10,13-14,23,27H,2,11-12,15-16H2,1H3,(H3,25,26). The third kappa shape index (κ3) is 4.87. The van der Waals surface area contributed by atoms with Crippen LogP contribution in [0, 0.1) is 5.41 Å². The monoisotopic (exact) mass is 452 g/mol. The number of amidine groups is 1. The van der Waals surface area contributed by atoms with Crippen LogP contribution in [0.3, 0.4) is 0 Å². The average Bonchev–Trinajstić information content (AvgIpc) is 3.30. The fourth-order valence-corrected chi connectivity index (χ4v) is 4.95. The molecule has 0 bridgehead atoms. The Labute approximate surface area is 188 Å². The van der Waals surface area contributed by atoms with Crippen molar-refractivity contribution in [1.82, 2.24) is 5.32 Å². The molecule has 1 fully saturated rings. The third-order valence-electron chi connectivity index (χ3n) is 5.68. The number of anilines is 1. The number of ether oxygens (including phenoxy) is 1. The van der Waals surface area contributed by atoms with E-state index in [1.165, 1.54) is 4.31 Å². The summed E-state index contributed by atoms with van der Waals surface area (Å²) >= 11 is 0. The van der Waals surface area contributed by atoms with E-state index in [1.54, 1.807) is 19.1 Å². The Morgan fingerprint density at radius 1 is 1.12 bits per heavy atom. The van der Waals surface area contributed by atoms with Crippen LogP contribution in [-0.4, -0.2) is 39.2 Å². The molecule has 0 aromatic heterocycles. The molecule has 8 heteroatoms. The van der Waals surface area contributed by atoms with Crippen molar-refractivity contribution < 1.29 is 13.2 Å². The zero-order valence-corrected chi connectivity index (χ0v) is 18.9. The molecule has 4 rings (SSSR count). The average molecular weight is 453 g/mol. The molecule has 3 aromatic rings. The summed E-state index contributed by atoms with van der Waals surface area (Å²) in [6.45, 7) is 3.63. The maximum absolute atomic E-state index is 12.9. The number of fused-ring (bicyclic) bond motifs is 1. The molecule has 0 saturated carbocycles. The van der Waals surface area contributed by atoms with Crippen LogP contribution >= 0.6 is 0 Å². The SMILES string of the molecule is CCS(=O)(=O)N(Cc1ccc2ccc(C(=N)N)cc2c1)c1ccc(OC2CCNC2)cc1. The molecule has 1 saturated heterocycles. The highest BCUT2D eigenvalue weighted by molar-refractivity contribution is 7.92. The van der Waals surface area contributed by atoms with Crippen LogP contribution in [0.5, 0.6) is 5.75 Å². The number of nitrogens with one attached hydrogen (secondary N) is 2. The van der Waals surface area contributed by atoms with E-state index in [1.807, 2.05) is 48.5 Å². The highest BCUT2D eigenvalue weighted by atomic mass is 32.2. The number of nitrogen functional groups attached to an aromatic ring is 1. The molecular formula is C24H28N4O3S. The van der Waals surface area contributed by atoms with Gasteiger partial charge in [-0.1, -0.05) is 24.3 Å². The van der Waals surface area contributed by atoms with Crippen LogP contribution in [-0.2, 0) is 16.6 Å². The fourth-order valence-electron chi connectivity index (χ4n) is 3.85. The second kappa shape index (κ2) is 9.18. The van der Waals surface area contributed by atoms with Gasteiger partial charge in [0, 0.05) is 12.1 Å². The van der Waals surface area contributed by atoms with Gasteiger partial charge in [0.1, 0.15) is 17.7 Å². The van der Waals surface area contributed by atoms with E-state index in [9.17, 15) is 8.42 Å². The van der Waals surface area contributed by atoms with Crippen molar-refractivity contribution in [2.45, 2.75) is 26.0 Å². The second-order valence-electron chi connectivity index (χ2n) is 7.94. The van der Waals surface area contributed by atoms with E-state index < -0.39 is 10.0 Å². The molecule has 4 N–H and O–H groups in total. The first kappa shape index (κ1) is 22.1. The number of benzene rings is 3. The Balaban J connectivity index is 1.61. The number of sulfonamides is 1. The molecule has 1 aliphatic heterocycles. The summed E-state index contributed by atoms with van der Waals surface area (Å²) in [7, 11) is -3.49. The third-order valence-corrected chi connectivity index (χ3v) is 7.43. The van der Waals surface area contributed by atoms with Gasteiger partial charge < -0.3 is 15.8 Å². The van der Waals surface area contributed by atoms with Crippen molar-refractivity contribution in [2.75, 3.05) is 23.1 Å². The number of hydrogen-bond acceptors (Lipinski definition) is 5. The zero-order valence-electron chi connectivity index (χ0n) is 18.0. The van der Waals surface area contributed by atoms with Gasteiger partial charge in [-0.2, -0.15) is 0 Å². The maximum Gasteiger partial charge on any atom is 0.235 e. The van der Waals surface area contributed by atoms with Crippen molar-refractivity contribution in [1.29, 1.82) is 5.41 Å². The van der Waals surface area contributed by atoms with Crippen molar-refractivity contribution in [3.63, 3.8) is 0 Å². The lowest BCUT2D eigenvalue weighted by Gasteiger charge is -2.24. The van der Waals surface area contributed by atoms with Gasteiger partial charge in [-0.25, -0.2) is 8.42 Å². The van der Waals surface area contributed by atoms with Gasteiger partial charge in [0.05, 0.1) is 18.0 Å². The largest absolute Gasteiger partial charge is 0.489 e. The van der Waals surface area contributed by atoms with Gasteiger partial charge in [0.15, 0.2) is 0 Å². The second-order valence-corrected chi connectivity index (χ2v) is 10.1. The number of nitrogens with zero attached hydrogens (tertiary/aromatic N) is 1. The smallest absolute Gasteiger partial charge is 0.235 e. The Morgan fingerprint density at radius 2 is 1.88 bits per heavy atom. The van der Waals surface area contributed by atoms with Gasteiger partial charge in [-0.3, -0.25) is 9.71 Å². The van der Waals surface area contributed by atoms with Crippen LogP contribution in [0.1, 0.15) is 24.5 Å². The van der Waals surface area contributed by atoms with Gasteiger partial charge >= 0.3 is 0 Å². The quantitative estimate of drug-likeness (QED) is 0.359. The predicted octanol–water partition coefficient (Wildman–Crippen LogP) is 3.22. The molecule has 3 aromatic carbocycles. The van der Waals surface area contributed by atoms with E-state index in [0.29, 0.717) is 11.3 Å². The lowest BCUT2D eigenvalue weighted by molar-refractivity contribution is 0.223. The van der Waals surface area contributed by atoms with E-state index in [0.717, 1.165) is 41.6 Å². The molecule has 1 atom stereocenters. The summed E-state index contributed by atoms with van der Waals surface area (Å²) in [5.74, 6) is 0.739. The lowest BCUT2D eigenvalue weighted by Crippen LogP contribution is -2.31. The zero-order chi connectivity index (χ0) is 22.7. The minimum absolute atomic E-state index is 0.00105. The van der Waals surface area contributed by atoms with Gasteiger partial charge in [-0.15, -0.1) is 0 Å². The van der Waals surface area contributed by atoms with Crippen LogP contribution < -0.4 is 20.1 Å². The van der Waals surface area contributed by atoms with Crippen LogP contribution in [0.4, 0.5) is 5.69 Å². The molecule has 1 aliphatic rings. The van der Waals surface area contributed by atoms with Crippen molar-refractivity contribution in [3.05, 3.63) is 71.8 Å². The summed E-state index contributed by atoms with van der Waals surface area (Å²) in [5, 5.41) is 12.8. The van der Waals surface area contributed by atoms with E-state index in [2.05, 4.69) is 5.32 Å². The van der Waals surface area contributed by atoms with Crippen LogP contribution in [0.25, 0.3) is 10.8 Å². The number of rotatable bonds is 8. The molecule has 0 radical (unpaired) electrons. The number of nitrogens with two attached hydrogens (primary N) is 1. The highest BCUT2D eigenvalue weighted by Crippen LogP contribution is 2.27. The molecule has 168 valence electrons. The van der Waals surface area contributed by atoms with Crippen molar-refractivity contribution in [2.24, 2.45) is 5.73 Å². The molecule has 0 aliphatic carbocycles. The van der Waals surface area contributed by atoms with E-state index in [4.69, 9.17) is 15.9 Å². The molecule has 1 unspecified atom stereocenters. The molecule has 7 nitrogen and oxygen atoms in total. The Hall–Kier alpha value is -3.10. The Kier molecular flexibility index (Phi) is 6.34. The summed E-state index contributed by atoms with van der Waals surface area (Å²) in [6.07, 6.45) is 1.11. The van der Waals surface area contributed by atoms with E-state index in [-0.39, 0.29) is 24.2 Å². The minimum atomic E-state index is -3.49. The van der Waals surface area contributed by atoms with Crippen LogP contribution in [0.15, 0.2) is 60.7 Å². The maximum atomic E-state index is 12.9. The summed E-state index contributed by atoms with van der Waals surface area (Å²) in [4.78, 5) is 0. The van der Waals surface area contributed by atoms with Gasteiger partial charge in [0.25, 0.3) is 0 Å². The normalized spacial score (nSPS) is 16.2. The van der Waals surface area contributed by atoms with Gasteiger partial charge in [0.2, 0.25) is 10.0 Å². The predicted molar refractivity (Wildman–Crippen MR) is 129 cm³/mol. The Morgan fingerprint density at radius 3 is 2.53 bits per heavy atom. The molecule has 1 heterocycles. The summed E-state index contributed by atoms with van der Waals surface area (Å²) in [6, 6.07) is 18.6. The lowest BCUT2D eigenvalue weighted by atomic mass is 10.0. The molecule has 32 heavy (non-hydrogen) atoms. The minimum Gasteiger partial charge on any atom is -0.489 e. The molecule has 0 spiro atoms. The summed E-state index contributed by atoms with van der Waals surface area (Å²) < 4.78 is 33.2. The van der Waals surface area contributed by atoms with Crippen LogP contribution in [0.2, 0.25) is 0 Å². The highest BCUT2D eigenvalue weighted by Gasteiger charge is 2.22. The molecule has 0 amide bonds. The first-order valence-electron chi connectivity index (χ1n) is 10.7. The van der Waals surface area contributed by atoms with Crippen molar-refractivity contribution in [3.8, 4) is 5.75 Å². The first-order chi connectivity index (χ1) is 15.4. The number of hydrogen-bond donors (Lipinski definition) is 3. The first-order valence-corrected chi connectivity index (χ1v) is 12.3.